The molecule has 8 unspecified atom stereocenters. The lowest BCUT2D eigenvalue weighted by atomic mass is 9.88. The minimum Gasteiger partial charge on any atom is -0.474 e. The van der Waals surface area contributed by atoms with Crippen molar-refractivity contribution in [2.75, 3.05) is 38.6 Å². The maximum absolute atomic E-state index is 12.9. The molecule has 11 nitrogen and oxygen atoms in total. The van der Waals surface area contributed by atoms with Crippen LogP contribution in [0.3, 0.4) is 0 Å². The van der Waals surface area contributed by atoms with Crippen LogP contribution in [0.15, 0.2) is 12.0 Å². The van der Waals surface area contributed by atoms with Gasteiger partial charge < -0.3 is 47.5 Å². The molecule has 5 aliphatic rings. The Labute approximate surface area is 239 Å². The SMILES string of the molecule is CC(NC1CC(N[C@H]2CCCC[C@H]2N)CNC1C(N)=O)SC(N)C1CSC2C(=O)C=C(N3CCOCC3)OC21. The Balaban J connectivity index is 1.17. The molecule has 4 heterocycles. The molecule has 39 heavy (non-hydrogen) atoms. The van der Waals surface area contributed by atoms with Gasteiger partial charge in [-0.05, 0) is 26.2 Å². The lowest BCUT2D eigenvalue weighted by molar-refractivity contribution is -0.121. The number of nitrogens with one attached hydrogen (secondary N) is 3. The minimum atomic E-state index is -0.450. The summed E-state index contributed by atoms with van der Waals surface area (Å²) in [5, 5.41) is 10.2. The summed E-state index contributed by atoms with van der Waals surface area (Å²) in [5.41, 5.74) is 18.9. The van der Waals surface area contributed by atoms with Crippen molar-refractivity contribution in [2.24, 2.45) is 23.1 Å². The predicted molar refractivity (Wildman–Crippen MR) is 155 cm³/mol. The zero-order valence-electron chi connectivity index (χ0n) is 22.8. The number of hydrogen-bond acceptors (Lipinski definition) is 12. The third-order valence-corrected chi connectivity index (χ3v) is 11.3. The number of fused-ring (bicyclic) bond motifs is 1. The van der Waals surface area contributed by atoms with E-state index in [-0.39, 0.29) is 57.8 Å². The first-order valence-corrected chi connectivity index (χ1v) is 16.4. The highest BCUT2D eigenvalue weighted by molar-refractivity contribution is 8.01. The molecule has 4 fully saturated rings. The highest BCUT2D eigenvalue weighted by Gasteiger charge is 2.48. The predicted octanol–water partition coefficient (Wildman–Crippen LogP) is -0.743. The Morgan fingerprint density at radius 3 is 2.77 bits per heavy atom. The number of hydrogen-bond donors (Lipinski definition) is 6. The normalized spacial score (nSPS) is 38.9. The molecule has 0 spiro atoms. The van der Waals surface area contributed by atoms with E-state index in [0.29, 0.717) is 31.7 Å². The van der Waals surface area contributed by atoms with Crippen LogP contribution in [0.25, 0.3) is 0 Å². The fourth-order valence-corrected chi connectivity index (χ4v) is 9.31. The van der Waals surface area contributed by atoms with Gasteiger partial charge in [0, 0.05) is 61.5 Å². The summed E-state index contributed by atoms with van der Waals surface area (Å²) in [6, 6.07) is 0.106. The van der Waals surface area contributed by atoms with Crippen molar-refractivity contribution in [1.82, 2.24) is 20.9 Å². The van der Waals surface area contributed by atoms with Gasteiger partial charge in [0.05, 0.1) is 24.0 Å². The molecule has 220 valence electrons. The number of allylic oxidation sites excluding steroid dienone is 1. The molecule has 0 aromatic heterocycles. The standard InChI is InChI=1S/C26H45N7O4S2/c1-14(31-19-10-15(12-30-22(19)25(28)35)32-18-5-3-2-4-17(18)27)39-26(29)16-13-38-24-20(34)11-21(37-23(16)24)33-6-8-36-9-7-33/h11,14-19,22-24,26,30-32H,2-10,12-13,27,29H2,1H3,(H2,28,35)/t14?,15?,16?,17-,18+,19?,22?,23?,24?,26?/m1/s1. The van der Waals surface area contributed by atoms with Gasteiger partial charge in [0.25, 0.3) is 0 Å². The van der Waals surface area contributed by atoms with Crippen LogP contribution in [0, 0.1) is 5.92 Å². The van der Waals surface area contributed by atoms with Gasteiger partial charge in [0.1, 0.15) is 17.4 Å². The van der Waals surface area contributed by atoms with E-state index in [1.807, 2.05) is 0 Å². The average molecular weight is 584 g/mol. The van der Waals surface area contributed by atoms with Crippen molar-refractivity contribution < 1.29 is 19.1 Å². The second-order valence-corrected chi connectivity index (χ2v) is 14.1. The quantitative estimate of drug-likeness (QED) is 0.188. The summed E-state index contributed by atoms with van der Waals surface area (Å²) in [6.45, 7) is 5.45. The lowest BCUT2D eigenvalue weighted by Gasteiger charge is -2.41. The molecule has 0 bridgehead atoms. The number of primary amides is 1. The minimum absolute atomic E-state index is 0.0260. The van der Waals surface area contributed by atoms with E-state index in [1.165, 1.54) is 12.8 Å². The van der Waals surface area contributed by atoms with Crippen LogP contribution >= 0.6 is 23.5 Å². The summed E-state index contributed by atoms with van der Waals surface area (Å²) in [4.78, 5) is 27.3. The first kappa shape index (κ1) is 29.4. The summed E-state index contributed by atoms with van der Waals surface area (Å²) >= 11 is 3.26. The Hall–Kier alpha value is -1.06. The molecule has 10 atom stereocenters. The largest absolute Gasteiger partial charge is 0.474 e. The van der Waals surface area contributed by atoms with Gasteiger partial charge in [0.2, 0.25) is 5.91 Å². The van der Waals surface area contributed by atoms with Crippen LogP contribution in [0.5, 0.6) is 0 Å². The van der Waals surface area contributed by atoms with Crippen LogP contribution in [0.4, 0.5) is 0 Å². The van der Waals surface area contributed by atoms with E-state index >= 15 is 0 Å². The third kappa shape index (κ3) is 7.06. The molecule has 1 aliphatic carbocycles. The summed E-state index contributed by atoms with van der Waals surface area (Å²) in [7, 11) is 0. The number of piperidine rings is 1. The highest BCUT2D eigenvalue weighted by atomic mass is 32.2. The maximum atomic E-state index is 12.9. The number of rotatable bonds is 9. The maximum Gasteiger partial charge on any atom is 0.236 e. The third-order valence-electron chi connectivity index (χ3n) is 8.65. The molecule has 4 aliphatic heterocycles. The van der Waals surface area contributed by atoms with Crippen LogP contribution in [-0.2, 0) is 19.1 Å². The van der Waals surface area contributed by atoms with Crippen molar-refractivity contribution in [2.45, 2.75) is 91.3 Å². The number of nitrogens with zero attached hydrogens (tertiary/aromatic N) is 1. The molecule has 1 amide bonds. The molecule has 13 heteroatoms. The molecule has 3 saturated heterocycles. The van der Waals surface area contributed by atoms with Gasteiger partial charge in [-0.2, -0.15) is 0 Å². The summed E-state index contributed by atoms with van der Waals surface area (Å²) < 4.78 is 11.9. The molecule has 1 saturated carbocycles. The van der Waals surface area contributed by atoms with Crippen LogP contribution in [-0.4, -0.2) is 108 Å². The highest BCUT2D eigenvalue weighted by Crippen LogP contribution is 2.42. The molecular formula is C26H45N7O4S2. The molecular weight excluding hydrogens is 538 g/mol. The van der Waals surface area contributed by atoms with Crippen molar-refractivity contribution in [3.05, 3.63) is 12.0 Å². The Kier molecular flexibility index (Phi) is 10.0. The van der Waals surface area contributed by atoms with Crippen LogP contribution in [0.2, 0.25) is 0 Å². The topological polar surface area (TPSA) is 170 Å². The van der Waals surface area contributed by atoms with Gasteiger partial charge in [0.15, 0.2) is 11.7 Å². The summed E-state index contributed by atoms with van der Waals surface area (Å²) in [5.74, 6) is 1.20. The summed E-state index contributed by atoms with van der Waals surface area (Å²) in [6.07, 6.45) is 6.71. The first-order valence-electron chi connectivity index (χ1n) is 14.4. The van der Waals surface area contributed by atoms with E-state index in [0.717, 1.165) is 38.1 Å². The molecule has 0 aromatic carbocycles. The Bertz CT molecular complexity index is 908. The fraction of sp³-hybridized carbons (Fsp3) is 0.846. The number of amides is 1. The second kappa shape index (κ2) is 13.3. The number of thioether (sulfide) groups is 2. The van der Waals surface area contributed by atoms with Crippen LogP contribution in [0.1, 0.15) is 39.0 Å². The smallest absolute Gasteiger partial charge is 0.236 e. The Morgan fingerprint density at radius 1 is 1.26 bits per heavy atom. The van der Waals surface area contributed by atoms with Gasteiger partial charge in [-0.3, -0.25) is 9.59 Å². The lowest BCUT2D eigenvalue weighted by Crippen LogP contribution is -2.66. The zero-order valence-corrected chi connectivity index (χ0v) is 24.4. The number of ketones is 1. The second-order valence-electron chi connectivity index (χ2n) is 11.4. The molecule has 0 radical (unpaired) electrons. The molecule has 5 rings (SSSR count). The van der Waals surface area contributed by atoms with E-state index in [1.54, 1.807) is 29.6 Å². The van der Waals surface area contributed by atoms with E-state index in [2.05, 4.69) is 27.8 Å². The van der Waals surface area contributed by atoms with Crippen molar-refractivity contribution in [3.8, 4) is 0 Å². The van der Waals surface area contributed by atoms with Gasteiger partial charge in [-0.15, -0.1) is 23.5 Å². The zero-order chi connectivity index (χ0) is 27.5. The first-order chi connectivity index (χ1) is 18.8. The van der Waals surface area contributed by atoms with Gasteiger partial charge in [-0.25, -0.2) is 0 Å². The molecule has 0 aromatic rings. The van der Waals surface area contributed by atoms with Crippen molar-refractivity contribution >= 4 is 35.2 Å². The Morgan fingerprint density at radius 2 is 2.03 bits per heavy atom. The number of carbonyl (C=O) groups is 2. The molecule has 9 N–H and O–H groups in total. The van der Waals surface area contributed by atoms with Gasteiger partial charge in [-0.1, -0.05) is 12.8 Å². The number of ether oxygens (including phenoxy) is 2. The number of carbonyl (C=O) groups excluding carboxylic acids is 2. The fourth-order valence-electron chi connectivity index (χ4n) is 6.50. The van der Waals surface area contributed by atoms with E-state index in [4.69, 9.17) is 26.7 Å². The van der Waals surface area contributed by atoms with E-state index < -0.39 is 6.04 Å². The van der Waals surface area contributed by atoms with Crippen molar-refractivity contribution in [1.29, 1.82) is 0 Å². The monoisotopic (exact) mass is 583 g/mol. The van der Waals surface area contributed by atoms with Crippen LogP contribution < -0.4 is 33.2 Å². The average Bonchev–Trinajstić information content (AvgIpc) is 3.35. The van der Waals surface area contributed by atoms with E-state index in [9.17, 15) is 9.59 Å². The van der Waals surface area contributed by atoms with Crippen molar-refractivity contribution in [3.63, 3.8) is 0 Å². The number of morpholine rings is 1. The number of nitrogens with two attached hydrogens (primary N) is 3. The van der Waals surface area contributed by atoms with Gasteiger partial charge >= 0.3 is 0 Å².